The predicted octanol–water partition coefficient (Wildman–Crippen LogP) is 3.76. The zero-order valence-corrected chi connectivity index (χ0v) is 13.8. The highest BCUT2D eigenvalue weighted by Crippen LogP contribution is 2.34. The second-order valence-corrected chi connectivity index (χ2v) is 7.34. The SMILES string of the molecule is COc1ccc(P(c2ccccc2)c2ccccc2)c(C)c1. The van der Waals surface area contributed by atoms with E-state index in [0.29, 0.717) is 0 Å². The first-order valence-corrected chi connectivity index (χ1v) is 8.68. The van der Waals surface area contributed by atoms with Crippen LogP contribution in [0, 0.1) is 6.92 Å². The molecule has 2 heteroatoms. The first-order valence-electron chi connectivity index (χ1n) is 7.34. The van der Waals surface area contributed by atoms with Crippen molar-refractivity contribution in [2.45, 2.75) is 6.92 Å². The number of benzene rings is 3. The van der Waals surface area contributed by atoms with Gasteiger partial charge in [0, 0.05) is 0 Å². The molecule has 0 unspecified atom stereocenters. The number of ether oxygens (including phenoxy) is 1. The molecule has 0 N–H and O–H groups in total. The monoisotopic (exact) mass is 306 g/mol. The first-order chi connectivity index (χ1) is 10.8. The lowest BCUT2D eigenvalue weighted by Gasteiger charge is -2.21. The molecule has 3 aromatic carbocycles. The lowest BCUT2D eigenvalue weighted by Crippen LogP contribution is -2.22. The third kappa shape index (κ3) is 3.05. The van der Waals surface area contributed by atoms with E-state index in [1.165, 1.54) is 21.5 Å². The van der Waals surface area contributed by atoms with Gasteiger partial charge in [0.1, 0.15) is 5.75 Å². The Morgan fingerprint density at radius 2 is 1.27 bits per heavy atom. The van der Waals surface area contributed by atoms with Gasteiger partial charge < -0.3 is 4.74 Å². The summed E-state index contributed by atoms with van der Waals surface area (Å²) in [6, 6.07) is 27.9. The van der Waals surface area contributed by atoms with Crippen LogP contribution in [-0.2, 0) is 0 Å². The van der Waals surface area contributed by atoms with Crippen molar-refractivity contribution in [2.75, 3.05) is 7.11 Å². The zero-order chi connectivity index (χ0) is 15.4. The normalized spacial score (nSPS) is 10.7. The summed E-state index contributed by atoms with van der Waals surface area (Å²) < 4.78 is 5.35. The summed E-state index contributed by atoms with van der Waals surface area (Å²) in [7, 11) is 1.17. The minimum Gasteiger partial charge on any atom is -0.497 e. The van der Waals surface area contributed by atoms with Crippen LogP contribution in [0.2, 0.25) is 0 Å². The Kier molecular flexibility index (Phi) is 4.56. The number of rotatable bonds is 4. The topological polar surface area (TPSA) is 9.23 Å². The standard InChI is InChI=1S/C20H19OP/c1-16-15-17(21-2)13-14-20(16)22(18-9-5-3-6-10-18)19-11-7-4-8-12-19/h3-15H,1-2H3. The van der Waals surface area contributed by atoms with E-state index in [-0.39, 0.29) is 0 Å². The van der Waals surface area contributed by atoms with E-state index in [0.717, 1.165) is 5.75 Å². The summed E-state index contributed by atoms with van der Waals surface area (Å²) in [5.41, 5.74) is 1.28. The molecule has 0 saturated heterocycles. The summed E-state index contributed by atoms with van der Waals surface area (Å²) in [5, 5.41) is 4.13. The Bertz CT molecular complexity index is 699. The number of hydrogen-bond donors (Lipinski definition) is 0. The molecular weight excluding hydrogens is 287 g/mol. The van der Waals surface area contributed by atoms with E-state index in [4.69, 9.17) is 4.74 Å². The molecule has 0 aromatic heterocycles. The second kappa shape index (κ2) is 6.77. The fraction of sp³-hybridized carbons (Fsp3) is 0.100. The van der Waals surface area contributed by atoms with Crippen LogP contribution in [0.4, 0.5) is 0 Å². The number of methoxy groups -OCH3 is 1. The molecule has 110 valence electrons. The van der Waals surface area contributed by atoms with Gasteiger partial charge in [-0.2, -0.15) is 0 Å². The fourth-order valence-corrected chi connectivity index (χ4v) is 5.02. The van der Waals surface area contributed by atoms with Crippen LogP contribution >= 0.6 is 7.92 Å². The highest BCUT2D eigenvalue weighted by atomic mass is 31.1. The molecule has 0 bridgehead atoms. The van der Waals surface area contributed by atoms with Gasteiger partial charge in [0.2, 0.25) is 0 Å². The molecule has 0 aliphatic carbocycles. The van der Waals surface area contributed by atoms with Crippen molar-refractivity contribution in [3.05, 3.63) is 84.4 Å². The van der Waals surface area contributed by atoms with Gasteiger partial charge in [0.25, 0.3) is 0 Å². The van der Waals surface area contributed by atoms with E-state index in [9.17, 15) is 0 Å². The largest absolute Gasteiger partial charge is 0.497 e. The van der Waals surface area contributed by atoms with Gasteiger partial charge in [0.05, 0.1) is 7.11 Å². The first kappa shape index (κ1) is 14.8. The minimum absolute atomic E-state index is 0.540. The lowest BCUT2D eigenvalue weighted by atomic mass is 10.2. The molecule has 3 rings (SSSR count). The molecule has 0 saturated carbocycles. The fourth-order valence-electron chi connectivity index (χ4n) is 2.59. The third-order valence-electron chi connectivity index (χ3n) is 3.67. The van der Waals surface area contributed by atoms with Crippen molar-refractivity contribution in [2.24, 2.45) is 0 Å². The van der Waals surface area contributed by atoms with Gasteiger partial charge in [-0.1, -0.05) is 60.7 Å². The van der Waals surface area contributed by atoms with Crippen molar-refractivity contribution >= 4 is 23.8 Å². The third-order valence-corrected chi connectivity index (χ3v) is 6.29. The predicted molar refractivity (Wildman–Crippen MR) is 96.4 cm³/mol. The van der Waals surface area contributed by atoms with Gasteiger partial charge in [-0.15, -0.1) is 0 Å². The van der Waals surface area contributed by atoms with Gasteiger partial charge in [-0.3, -0.25) is 0 Å². The molecule has 0 radical (unpaired) electrons. The highest BCUT2D eigenvalue weighted by molar-refractivity contribution is 7.79. The maximum atomic E-state index is 5.35. The second-order valence-electron chi connectivity index (χ2n) is 5.16. The Balaban J connectivity index is 2.14. The maximum Gasteiger partial charge on any atom is 0.119 e. The van der Waals surface area contributed by atoms with Crippen LogP contribution in [0.5, 0.6) is 5.75 Å². The highest BCUT2D eigenvalue weighted by Gasteiger charge is 2.18. The Morgan fingerprint density at radius 1 is 0.727 bits per heavy atom. The van der Waals surface area contributed by atoms with Gasteiger partial charge in [-0.25, -0.2) is 0 Å². The summed E-state index contributed by atoms with van der Waals surface area (Å²) in [5.74, 6) is 0.914. The lowest BCUT2D eigenvalue weighted by molar-refractivity contribution is 0.414. The molecule has 0 atom stereocenters. The molecule has 0 fully saturated rings. The average molecular weight is 306 g/mol. The Hall–Kier alpha value is -2.11. The van der Waals surface area contributed by atoms with E-state index in [1.54, 1.807) is 7.11 Å². The minimum atomic E-state index is -0.540. The quantitative estimate of drug-likeness (QED) is 0.667. The van der Waals surface area contributed by atoms with Gasteiger partial charge in [-0.05, 0) is 54.5 Å². The van der Waals surface area contributed by atoms with Crippen LogP contribution in [0.1, 0.15) is 5.56 Å². The van der Waals surface area contributed by atoms with E-state index >= 15 is 0 Å². The molecule has 0 heterocycles. The van der Waals surface area contributed by atoms with Gasteiger partial charge >= 0.3 is 0 Å². The van der Waals surface area contributed by atoms with Crippen LogP contribution in [0.25, 0.3) is 0 Å². The van der Waals surface area contributed by atoms with E-state index < -0.39 is 7.92 Å². The van der Waals surface area contributed by atoms with Crippen molar-refractivity contribution < 1.29 is 4.74 Å². The van der Waals surface area contributed by atoms with Crippen molar-refractivity contribution in [1.82, 2.24) is 0 Å². The summed E-state index contributed by atoms with van der Waals surface area (Å²) in [6.45, 7) is 2.17. The van der Waals surface area contributed by atoms with Crippen molar-refractivity contribution in [3.63, 3.8) is 0 Å². The van der Waals surface area contributed by atoms with E-state index in [2.05, 4.69) is 85.8 Å². The molecule has 3 aromatic rings. The average Bonchev–Trinajstić information content (AvgIpc) is 2.58. The molecule has 1 nitrogen and oxygen atoms in total. The Labute approximate surface area is 133 Å². The molecule has 0 amide bonds. The number of aryl methyl sites for hydroxylation is 1. The summed E-state index contributed by atoms with van der Waals surface area (Å²) in [6.07, 6.45) is 0. The van der Waals surface area contributed by atoms with Crippen LogP contribution in [0.3, 0.4) is 0 Å². The molecule has 0 aliphatic rings. The number of hydrogen-bond acceptors (Lipinski definition) is 1. The smallest absolute Gasteiger partial charge is 0.119 e. The molecular formula is C20H19OP. The summed E-state index contributed by atoms with van der Waals surface area (Å²) >= 11 is 0. The molecule has 22 heavy (non-hydrogen) atoms. The van der Waals surface area contributed by atoms with E-state index in [1.807, 2.05) is 0 Å². The zero-order valence-electron chi connectivity index (χ0n) is 12.9. The van der Waals surface area contributed by atoms with Crippen molar-refractivity contribution in [3.8, 4) is 5.75 Å². The van der Waals surface area contributed by atoms with Crippen molar-refractivity contribution in [1.29, 1.82) is 0 Å². The van der Waals surface area contributed by atoms with Gasteiger partial charge in [0.15, 0.2) is 0 Å². The van der Waals surface area contributed by atoms with Crippen LogP contribution < -0.4 is 20.7 Å². The summed E-state index contributed by atoms with van der Waals surface area (Å²) in [4.78, 5) is 0. The van der Waals surface area contributed by atoms with Crippen LogP contribution in [0.15, 0.2) is 78.9 Å². The van der Waals surface area contributed by atoms with Crippen LogP contribution in [-0.4, -0.2) is 7.11 Å². The molecule has 0 spiro atoms. The Morgan fingerprint density at radius 3 is 1.73 bits per heavy atom. The molecule has 0 aliphatic heterocycles. The maximum absolute atomic E-state index is 5.35.